The highest BCUT2D eigenvalue weighted by Crippen LogP contribution is 2.22. The van der Waals surface area contributed by atoms with Crippen molar-refractivity contribution >= 4 is 22.3 Å². The lowest BCUT2D eigenvalue weighted by atomic mass is 10.2. The number of fused-ring (bicyclic) bond motifs is 1. The summed E-state index contributed by atoms with van der Waals surface area (Å²) in [5.74, 6) is 0. The van der Waals surface area contributed by atoms with Crippen molar-refractivity contribution in [2.24, 2.45) is 10.2 Å². The lowest BCUT2D eigenvalue weighted by molar-refractivity contribution is 0.561. The van der Waals surface area contributed by atoms with Crippen LogP contribution in [0, 0.1) is 6.92 Å². The molecule has 0 aliphatic heterocycles. The third-order valence-electron chi connectivity index (χ3n) is 2.92. The molecule has 0 spiro atoms. The topological polar surface area (TPSA) is 54.9 Å². The Morgan fingerprint density at radius 1 is 0.850 bits per heavy atom. The van der Waals surface area contributed by atoms with Gasteiger partial charge in [-0.1, -0.05) is 17.7 Å². The average molecular weight is 264 g/mol. The van der Waals surface area contributed by atoms with E-state index < -0.39 is 0 Å². The Balaban J connectivity index is 1.92. The summed E-state index contributed by atoms with van der Waals surface area (Å²) in [6.07, 6.45) is 0. The van der Waals surface area contributed by atoms with Gasteiger partial charge in [0.05, 0.1) is 11.4 Å². The van der Waals surface area contributed by atoms with E-state index in [9.17, 15) is 4.79 Å². The third-order valence-corrected chi connectivity index (χ3v) is 2.92. The second-order valence-corrected chi connectivity index (χ2v) is 4.51. The van der Waals surface area contributed by atoms with Crippen molar-refractivity contribution in [1.29, 1.82) is 0 Å². The van der Waals surface area contributed by atoms with Gasteiger partial charge in [-0.25, -0.2) is 4.79 Å². The van der Waals surface area contributed by atoms with Crippen LogP contribution in [0.15, 0.2) is 74.0 Å². The van der Waals surface area contributed by atoms with E-state index >= 15 is 0 Å². The van der Waals surface area contributed by atoms with Gasteiger partial charge in [0.15, 0.2) is 0 Å². The van der Waals surface area contributed by atoms with Gasteiger partial charge < -0.3 is 4.42 Å². The molecule has 0 saturated heterocycles. The fourth-order valence-corrected chi connectivity index (χ4v) is 1.85. The number of azo groups is 1. The van der Waals surface area contributed by atoms with Crippen molar-refractivity contribution < 1.29 is 4.42 Å². The highest BCUT2D eigenvalue weighted by molar-refractivity contribution is 5.79. The summed E-state index contributed by atoms with van der Waals surface area (Å²) >= 11 is 0. The number of aryl methyl sites for hydroxylation is 1. The zero-order chi connectivity index (χ0) is 13.9. The Morgan fingerprint density at radius 2 is 1.55 bits per heavy atom. The van der Waals surface area contributed by atoms with E-state index in [0.29, 0.717) is 11.3 Å². The monoisotopic (exact) mass is 264 g/mol. The first-order valence-electron chi connectivity index (χ1n) is 6.23. The Hall–Kier alpha value is -2.75. The third kappa shape index (κ3) is 2.64. The fraction of sp³-hybridized carbons (Fsp3) is 0.0625. The standard InChI is InChI=1S/C16H12N2O2/c1-11-2-5-13(6-3-11)17-18-14-7-8-15-12(10-14)4-9-16(19)20-15/h2-10H,1H3. The second kappa shape index (κ2) is 5.09. The van der Waals surface area contributed by atoms with Crippen LogP contribution in [0.3, 0.4) is 0 Å². The van der Waals surface area contributed by atoms with Crippen LogP contribution in [0.5, 0.6) is 0 Å². The van der Waals surface area contributed by atoms with E-state index in [1.165, 1.54) is 11.6 Å². The summed E-state index contributed by atoms with van der Waals surface area (Å²) in [6, 6.07) is 16.2. The minimum atomic E-state index is -0.355. The van der Waals surface area contributed by atoms with Crippen molar-refractivity contribution in [2.45, 2.75) is 6.92 Å². The van der Waals surface area contributed by atoms with Gasteiger partial charge in [-0.05, 0) is 43.3 Å². The van der Waals surface area contributed by atoms with Crippen molar-refractivity contribution in [3.8, 4) is 0 Å². The van der Waals surface area contributed by atoms with Gasteiger partial charge in [-0.2, -0.15) is 10.2 Å². The highest BCUT2D eigenvalue weighted by Gasteiger charge is 1.98. The van der Waals surface area contributed by atoms with E-state index in [-0.39, 0.29) is 5.63 Å². The lowest BCUT2D eigenvalue weighted by Crippen LogP contribution is -1.93. The molecule has 0 aliphatic rings. The molecular formula is C16H12N2O2. The normalized spacial score (nSPS) is 11.2. The first-order valence-corrected chi connectivity index (χ1v) is 6.23. The van der Waals surface area contributed by atoms with Crippen LogP contribution in [0.1, 0.15) is 5.56 Å². The number of hydrogen-bond acceptors (Lipinski definition) is 4. The number of benzene rings is 2. The SMILES string of the molecule is Cc1ccc(N=Nc2ccc3oc(=O)ccc3c2)cc1. The molecule has 0 saturated carbocycles. The molecule has 3 rings (SSSR count). The van der Waals surface area contributed by atoms with Crippen molar-refractivity contribution in [3.05, 3.63) is 70.6 Å². The summed E-state index contributed by atoms with van der Waals surface area (Å²) in [7, 11) is 0. The maximum Gasteiger partial charge on any atom is 0.336 e. The summed E-state index contributed by atoms with van der Waals surface area (Å²) in [6.45, 7) is 2.03. The van der Waals surface area contributed by atoms with Crippen LogP contribution in [0.2, 0.25) is 0 Å². The molecule has 3 aromatic rings. The molecule has 2 aromatic carbocycles. The number of rotatable bonds is 2. The molecule has 20 heavy (non-hydrogen) atoms. The molecule has 98 valence electrons. The maximum atomic E-state index is 11.1. The largest absolute Gasteiger partial charge is 0.423 e. The molecule has 0 N–H and O–H groups in total. The predicted molar refractivity (Wildman–Crippen MR) is 77.8 cm³/mol. The van der Waals surface area contributed by atoms with Crippen LogP contribution in [0.4, 0.5) is 11.4 Å². The predicted octanol–water partition coefficient (Wildman–Crippen LogP) is 4.52. The minimum absolute atomic E-state index is 0.355. The van der Waals surface area contributed by atoms with Gasteiger partial charge in [-0.3, -0.25) is 0 Å². The van der Waals surface area contributed by atoms with E-state index in [1.807, 2.05) is 37.3 Å². The molecule has 0 unspecified atom stereocenters. The molecule has 0 amide bonds. The zero-order valence-corrected chi connectivity index (χ0v) is 10.9. The van der Waals surface area contributed by atoms with Gasteiger partial charge >= 0.3 is 5.63 Å². The van der Waals surface area contributed by atoms with Gasteiger partial charge in [-0.15, -0.1) is 0 Å². The van der Waals surface area contributed by atoms with Crippen molar-refractivity contribution in [2.75, 3.05) is 0 Å². The van der Waals surface area contributed by atoms with Crippen LogP contribution in [0.25, 0.3) is 11.0 Å². The Bertz CT molecular complexity index is 833. The molecule has 1 aromatic heterocycles. The molecular weight excluding hydrogens is 252 g/mol. The molecule has 4 heteroatoms. The van der Waals surface area contributed by atoms with Crippen LogP contribution >= 0.6 is 0 Å². The van der Waals surface area contributed by atoms with E-state index in [1.54, 1.807) is 18.2 Å². The molecule has 0 bridgehead atoms. The first-order chi connectivity index (χ1) is 9.70. The van der Waals surface area contributed by atoms with Crippen LogP contribution in [-0.2, 0) is 0 Å². The molecule has 0 aliphatic carbocycles. The second-order valence-electron chi connectivity index (χ2n) is 4.51. The van der Waals surface area contributed by atoms with Crippen molar-refractivity contribution in [3.63, 3.8) is 0 Å². The quantitative estimate of drug-likeness (QED) is 0.505. The minimum Gasteiger partial charge on any atom is -0.423 e. The van der Waals surface area contributed by atoms with Gasteiger partial charge in [0.2, 0.25) is 0 Å². The fourth-order valence-electron chi connectivity index (χ4n) is 1.85. The molecule has 4 nitrogen and oxygen atoms in total. The summed E-state index contributed by atoms with van der Waals surface area (Å²) in [5, 5.41) is 9.18. The summed E-state index contributed by atoms with van der Waals surface area (Å²) in [5.41, 5.74) is 2.89. The van der Waals surface area contributed by atoms with E-state index in [2.05, 4.69) is 10.2 Å². The Morgan fingerprint density at radius 3 is 2.35 bits per heavy atom. The molecule has 0 atom stereocenters. The van der Waals surface area contributed by atoms with Gasteiger partial charge in [0, 0.05) is 11.5 Å². The van der Waals surface area contributed by atoms with Crippen LogP contribution in [-0.4, -0.2) is 0 Å². The van der Waals surface area contributed by atoms with E-state index in [0.717, 1.165) is 11.1 Å². The van der Waals surface area contributed by atoms with Crippen LogP contribution < -0.4 is 5.63 Å². The summed E-state index contributed by atoms with van der Waals surface area (Å²) < 4.78 is 5.06. The van der Waals surface area contributed by atoms with Crippen molar-refractivity contribution in [1.82, 2.24) is 0 Å². The average Bonchev–Trinajstić information content (AvgIpc) is 2.46. The highest BCUT2D eigenvalue weighted by atomic mass is 16.4. The smallest absolute Gasteiger partial charge is 0.336 e. The molecule has 0 radical (unpaired) electrons. The number of nitrogens with zero attached hydrogens (tertiary/aromatic N) is 2. The molecule has 1 heterocycles. The zero-order valence-electron chi connectivity index (χ0n) is 10.9. The van der Waals surface area contributed by atoms with Gasteiger partial charge in [0.1, 0.15) is 5.58 Å². The summed E-state index contributed by atoms with van der Waals surface area (Å²) in [4.78, 5) is 11.1. The maximum absolute atomic E-state index is 11.1. The van der Waals surface area contributed by atoms with Gasteiger partial charge in [0.25, 0.3) is 0 Å². The Kier molecular flexibility index (Phi) is 3.13. The number of hydrogen-bond donors (Lipinski definition) is 0. The molecule has 0 fully saturated rings. The lowest BCUT2D eigenvalue weighted by Gasteiger charge is -1.97. The first kappa shape index (κ1) is 12.3. The Labute approximate surface area is 115 Å². The van der Waals surface area contributed by atoms with E-state index in [4.69, 9.17) is 4.42 Å².